The van der Waals surface area contributed by atoms with Gasteiger partial charge < -0.3 is 20.3 Å². The van der Waals surface area contributed by atoms with Gasteiger partial charge in [-0.1, -0.05) is 25.5 Å². The number of hydrogen-bond acceptors (Lipinski definition) is 3. The van der Waals surface area contributed by atoms with Crippen molar-refractivity contribution in [1.29, 1.82) is 0 Å². The summed E-state index contributed by atoms with van der Waals surface area (Å²) in [6.45, 7) is 5.77. The Bertz CT molecular complexity index is 579. The minimum atomic E-state index is -0.552. The van der Waals surface area contributed by atoms with Crippen molar-refractivity contribution in [2.45, 2.75) is 45.4 Å². The summed E-state index contributed by atoms with van der Waals surface area (Å²) >= 11 is 0. The van der Waals surface area contributed by atoms with Crippen LogP contribution in [0.5, 0.6) is 0 Å². The number of urea groups is 1. The summed E-state index contributed by atoms with van der Waals surface area (Å²) in [7, 11) is 0. The summed E-state index contributed by atoms with van der Waals surface area (Å²) < 4.78 is 18.3. The quantitative estimate of drug-likeness (QED) is 0.824. The molecule has 25 heavy (non-hydrogen) atoms. The predicted molar refractivity (Wildman–Crippen MR) is 92.5 cm³/mol. The van der Waals surface area contributed by atoms with E-state index in [0.29, 0.717) is 26.1 Å². The highest BCUT2D eigenvalue weighted by Crippen LogP contribution is 2.09. The zero-order valence-electron chi connectivity index (χ0n) is 14.8. The zero-order valence-corrected chi connectivity index (χ0v) is 14.8. The third-order valence-corrected chi connectivity index (χ3v) is 4.10. The highest BCUT2D eigenvalue weighted by atomic mass is 19.1. The molecule has 1 fully saturated rings. The van der Waals surface area contributed by atoms with Gasteiger partial charge in [0.1, 0.15) is 11.9 Å². The fraction of sp³-hybridized carbons (Fsp3) is 0.556. The Morgan fingerprint density at radius 1 is 1.36 bits per heavy atom. The Kier molecular flexibility index (Phi) is 7.18. The van der Waals surface area contributed by atoms with Crippen LogP contribution in [0.2, 0.25) is 0 Å². The lowest BCUT2D eigenvalue weighted by Gasteiger charge is -2.33. The average molecular weight is 351 g/mol. The molecule has 138 valence electrons. The number of nitrogens with one attached hydrogen (secondary N) is 2. The predicted octanol–water partition coefficient (Wildman–Crippen LogP) is 2.04. The standard InChI is InChI=1S/C18H26FN3O3/c1-3-4-16(17(23)22-9-10-25-13(2)12-22)21-18(24)20-11-14-5-7-15(19)8-6-14/h5-8,13,16H,3-4,9-12H2,1-2H3,(H2,20,21,24). The molecule has 2 atom stereocenters. The summed E-state index contributed by atoms with van der Waals surface area (Å²) in [6, 6.07) is 4.95. The molecule has 1 aromatic carbocycles. The van der Waals surface area contributed by atoms with Gasteiger partial charge in [0.25, 0.3) is 0 Å². The molecular formula is C18H26FN3O3. The molecule has 2 rings (SSSR count). The molecule has 0 spiro atoms. The molecular weight excluding hydrogens is 325 g/mol. The minimum absolute atomic E-state index is 0.00674. The lowest BCUT2D eigenvalue weighted by molar-refractivity contribution is -0.140. The van der Waals surface area contributed by atoms with Gasteiger partial charge in [0.05, 0.1) is 12.7 Å². The maximum atomic E-state index is 12.9. The lowest BCUT2D eigenvalue weighted by atomic mass is 10.1. The summed E-state index contributed by atoms with van der Waals surface area (Å²) in [5, 5.41) is 5.46. The molecule has 1 heterocycles. The van der Waals surface area contributed by atoms with Crippen LogP contribution >= 0.6 is 0 Å². The first-order valence-electron chi connectivity index (χ1n) is 8.68. The van der Waals surface area contributed by atoms with Crippen molar-refractivity contribution in [3.63, 3.8) is 0 Å². The molecule has 1 saturated heterocycles. The first-order chi connectivity index (χ1) is 12.0. The maximum Gasteiger partial charge on any atom is 0.315 e. The highest BCUT2D eigenvalue weighted by molar-refractivity contribution is 5.87. The van der Waals surface area contributed by atoms with Gasteiger partial charge in [-0.3, -0.25) is 4.79 Å². The number of amides is 3. The van der Waals surface area contributed by atoms with Gasteiger partial charge in [-0.25, -0.2) is 9.18 Å². The van der Waals surface area contributed by atoms with Crippen LogP contribution < -0.4 is 10.6 Å². The number of ether oxygens (including phenoxy) is 1. The van der Waals surface area contributed by atoms with Crippen molar-refractivity contribution in [1.82, 2.24) is 15.5 Å². The first kappa shape index (κ1) is 19.2. The molecule has 7 heteroatoms. The number of carbonyl (C=O) groups excluding carboxylic acids is 2. The number of nitrogens with zero attached hydrogens (tertiary/aromatic N) is 1. The van der Waals surface area contributed by atoms with E-state index in [-0.39, 0.29) is 24.4 Å². The van der Waals surface area contributed by atoms with Gasteiger partial charge in [0, 0.05) is 19.6 Å². The normalized spacial score (nSPS) is 18.5. The molecule has 0 aliphatic carbocycles. The SMILES string of the molecule is CCCC(NC(=O)NCc1ccc(F)cc1)C(=O)N1CCOC(C)C1. The first-order valence-corrected chi connectivity index (χ1v) is 8.68. The summed E-state index contributed by atoms with van der Waals surface area (Å²) in [5.74, 6) is -0.393. The van der Waals surface area contributed by atoms with Crippen molar-refractivity contribution < 1.29 is 18.7 Å². The maximum absolute atomic E-state index is 12.9. The van der Waals surface area contributed by atoms with Crippen LogP contribution in [-0.2, 0) is 16.1 Å². The molecule has 0 saturated carbocycles. The van der Waals surface area contributed by atoms with E-state index in [1.54, 1.807) is 17.0 Å². The Labute approximate surface area is 147 Å². The molecule has 1 aliphatic heterocycles. The van der Waals surface area contributed by atoms with Crippen molar-refractivity contribution in [2.75, 3.05) is 19.7 Å². The van der Waals surface area contributed by atoms with Crippen molar-refractivity contribution in [3.05, 3.63) is 35.6 Å². The largest absolute Gasteiger partial charge is 0.375 e. The van der Waals surface area contributed by atoms with Crippen molar-refractivity contribution >= 4 is 11.9 Å². The molecule has 0 radical (unpaired) electrons. The summed E-state index contributed by atoms with van der Waals surface area (Å²) in [4.78, 5) is 26.5. The number of morpholine rings is 1. The van der Waals surface area contributed by atoms with E-state index < -0.39 is 12.1 Å². The monoisotopic (exact) mass is 351 g/mol. The molecule has 1 aliphatic rings. The van der Waals surface area contributed by atoms with E-state index in [1.165, 1.54) is 12.1 Å². The molecule has 2 unspecified atom stereocenters. The fourth-order valence-corrected chi connectivity index (χ4v) is 2.78. The second kappa shape index (κ2) is 9.36. The van der Waals surface area contributed by atoms with Crippen LogP contribution in [0.15, 0.2) is 24.3 Å². The molecule has 1 aromatic rings. The second-order valence-corrected chi connectivity index (χ2v) is 6.26. The molecule has 3 amide bonds. The Balaban J connectivity index is 1.87. The van der Waals surface area contributed by atoms with Crippen LogP contribution in [0, 0.1) is 5.82 Å². The highest BCUT2D eigenvalue weighted by Gasteiger charge is 2.28. The third kappa shape index (κ3) is 6.01. The van der Waals surface area contributed by atoms with Crippen LogP contribution in [0.4, 0.5) is 9.18 Å². The van der Waals surface area contributed by atoms with Gasteiger partial charge in [-0.15, -0.1) is 0 Å². The van der Waals surface area contributed by atoms with E-state index in [4.69, 9.17) is 4.74 Å². The van der Waals surface area contributed by atoms with E-state index in [1.807, 2.05) is 13.8 Å². The van der Waals surface area contributed by atoms with Crippen molar-refractivity contribution in [2.24, 2.45) is 0 Å². The molecule has 2 N–H and O–H groups in total. The van der Waals surface area contributed by atoms with Crippen LogP contribution in [-0.4, -0.2) is 48.7 Å². The Hall–Kier alpha value is -2.15. The Morgan fingerprint density at radius 3 is 2.72 bits per heavy atom. The van der Waals surface area contributed by atoms with Crippen LogP contribution in [0.25, 0.3) is 0 Å². The number of halogens is 1. The van der Waals surface area contributed by atoms with E-state index >= 15 is 0 Å². The van der Waals surface area contributed by atoms with Crippen LogP contribution in [0.3, 0.4) is 0 Å². The van der Waals surface area contributed by atoms with E-state index in [0.717, 1.165) is 12.0 Å². The lowest BCUT2D eigenvalue weighted by Crippen LogP contribution is -2.54. The molecule has 0 bridgehead atoms. The number of benzene rings is 1. The molecule has 0 aromatic heterocycles. The van der Waals surface area contributed by atoms with Gasteiger partial charge in [-0.05, 0) is 31.0 Å². The summed E-state index contributed by atoms with van der Waals surface area (Å²) in [5.41, 5.74) is 0.789. The van der Waals surface area contributed by atoms with E-state index in [9.17, 15) is 14.0 Å². The second-order valence-electron chi connectivity index (χ2n) is 6.26. The average Bonchev–Trinajstić information content (AvgIpc) is 2.60. The van der Waals surface area contributed by atoms with Gasteiger partial charge in [-0.2, -0.15) is 0 Å². The summed E-state index contributed by atoms with van der Waals surface area (Å²) in [6.07, 6.45) is 1.37. The van der Waals surface area contributed by atoms with Gasteiger partial charge in [0.15, 0.2) is 0 Å². The topological polar surface area (TPSA) is 70.7 Å². The smallest absolute Gasteiger partial charge is 0.315 e. The number of hydrogen-bond donors (Lipinski definition) is 2. The van der Waals surface area contributed by atoms with Crippen LogP contribution in [0.1, 0.15) is 32.3 Å². The molecule has 6 nitrogen and oxygen atoms in total. The Morgan fingerprint density at radius 2 is 2.08 bits per heavy atom. The van der Waals surface area contributed by atoms with Gasteiger partial charge >= 0.3 is 6.03 Å². The van der Waals surface area contributed by atoms with Crippen molar-refractivity contribution in [3.8, 4) is 0 Å². The van der Waals surface area contributed by atoms with Gasteiger partial charge in [0.2, 0.25) is 5.91 Å². The zero-order chi connectivity index (χ0) is 18.2. The fourth-order valence-electron chi connectivity index (χ4n) is 2.78. The number of rotatable bonds is 6. The third-order valence-electron chi connectivity index (χ3n) is 4.10. The van der Waals surface area contributed by atoms with E-state index in [2.05, 4.69) is 10.6 Å². The minimum Gasteiger partial charge on any atom is -0.375 e. The number of carbonyl (C=O) groups is 2.